The fourth-order valence-corrected chi connectivity index (χ4v) is 3.33. The maximum atomic E-state index is 5.46. The summed E-state index contributed by atoms with van der Waals surface area (Å²) < 4.78 is 5.46. The zero-order valence-electron chi connectivity index (χ0n) is 12.4. The number of nitrogens with zero attached hydrogens (tertiary/aromatic N) is 2. The third kappa shape index (κ3) is 3.11. The molecule has 110 valence electrons. The molecule has 1 saturated heterocycles. The van der Waals surface area contributed by atoms with Crippen LogP contribution in [0.15, 0.2) is 6.07 Å². The third-order valence-corrected chi connectivity index (χ3v) is 4.48. The molecule has 0 unspecified atom stereocenters. The van der Waals surface area contributed by atoms with Crippen molar-refractivity contribution < 1.29 is 4.74 Å². The second-order valence-electron chi connectivity index (χ2n) is 5.93. The number of aromatic nitrogens is 2. The van der Waals surface area contributed by atoms with E-state index in [1.165, 1.54) is 31.4 Å². The molecule has 4 heteroatoms. The van der Waals surface area contributed by atoms with Crippen molar-refractivity contribution in [3.63, 3.8) is 0 Å². The SMILES string of the molecule is CCNc1cc(C2CCCC2)nc(C2CCOCC2)n1. The Kier molecular flexibility index (Phi) is 4.51. The third-order valence-electron chi connectivity index (χ3n) is 4.48. The molecule has 2 heterocycles. The molecular formula is C16H25N3O. The molecule has 0 aromatic carbocycles. The summed E-state index contributed by atoms with van der Waals surface area (Å²) in [4.78, 5) is 9.66. The highest BCUT2D eigenvalue weighted by Crippen LogP contribution is 2.35. The molecular weight excluding hydrogens is 250 g/mol. The van der Waals surface area contributed by atoms with E-state index in [0.29, 0.717) is 11.8 Å². The average molecular weight is 275 g/mol. The van der Waals surface area contributed by atoms with Crippen molar-refractivity contribution in [3.8, 4) is 0 Å². The molecule has 4 nitrogen and oxygen atoms in total. The summed E-state index contributed by atoms with van der Waals surface area (Å²) in [5.74, 6) is 3.16. The summed E-state index contributed by atoms with van der Waals surface area (Å²) in [6.07, 6.45) is 7.38. The van der Waals surface area contributed by atoms with E-state index < -0.39 is 0 Å². The van der Waals surface area contributed by atoms with Crippen LogP contribution in [0.25, 0.3) is 0 Å². The van der Waals surface area contributed by atoms with Crippen LogP contribution in [0.5, 0.6) is 0 Å². The van der Waals surface area contributed by atoms with Gasteiger partial charge in [-0.2, -0.15) is 0 Å². The van der Waals surface area contributed by atoms with Crippen molar-refractivity contribution in [1.82, 2.24) is 9.97 Å². The van der Waals surface area contributed by atoms with Gasteiger partial charge in [0.1, 0.15) is 11.6 Å². The Hall–Kier alpha value is -1.16. The maximum absolute atomic E-state index is 5.46. The van der Waals surface area contributed by atoms with E-state index in [1.807, 2.05) is 0 Å². The molecule has 0 bridgehead atoms. The Morgan fingerprint density at radius 2 is 1.85 bits per heavy atom. The van der Waals surface area contributed by atoms with E-state index in [2.05, 4.69) is 18.3 Å². The van der Waals surface area contributed by atoms with E-state index in [0.717, 1.165) is 44.2 Å². The first-order valence-electron chi connectivity index (χ1n) is 8.07. The van der Waals surface area contributed by atoms with Gasteiger partial charge in [0.05, 0.1) is 0 Å². The second-order valence-corrected chi connectivity index (χ2v) is 5.93. The quantitative estimate of drug-likeness (QED) is 0.914. The minimum absolute atomic E-state index is 0.475. The lowest BCUT2D eigenvalue weighted by Gasteiger charge is -2.22. The minimum atomic E-state index is 0.475. The summed E-state index contributed by atoms with van der Waals surface area (Å²) in [5.41, 5.74) is 1.26. The van der Waals surface area contributed by atoms with Crippen LogP contribution in [0.3, 0.4) is 0 Å². The lowest BCUT2D eigenvalue weighted by Crippen LogP contribution is -2.18. The van der Waals surface area contributed by atoms with Crippen LogP contribution in [-0.4, -0.2) is 29.7 Å². The van der Waals surface area contributed by atoms with Crippen LogP contribution >= 0.6 is 0 Å². The van der Waals surface area contributed by atoms with Crippen LogP contribution in [0, 0.1) is 0 Å². The number of rotatable bonds is 4. The van der Waals surface area contributed by atoms with Crippen LogP contribution in [0.2, 0.25) is 0 Å². The highest BCUT2D eigenvalue weighted by molar-refractivity contribution is 5.37. The van der Waals surface area contributed by atoms with Gasteiger partial charge in [-0.3, -0.25) is 0 Å². The Morgan fingerprint density at radius 1 is 1.10 bits per heavy atom. The standard InChI is InChI=1S/C16H25N3O/c1-2-17-15-11-14(12-5-3-4-6-12)18-16(19-15)13-7-9-20-10-8-13/h11-13H,2-10H2,1H3,(H,17,18,19). The van der Waals surface area contributed by atoms with E-state index in [1.54, 1.807) is 0 Å². The van der Waals surface area contributed by atoms with Crippen molar-refractivity contribution in [2.75, 3.05) is 25.1 Å². The molecule has 2 fully saturated rings. The van der Waals surface area contributed by atoms with Crippen LogP contribution in [0.1, 0.15) is 68.8 Å². The maximum Gasteiger partial charge on any atom is 0.134 e. The lowest BCUT2D eigenvalue weighted by atomic mass is 9.98. The largest absolute Gasteiger partial charge is 0.381 e. The fourth-order valence-electron chi connectivity index (χ4n) is 3.33. The highest BCUT2D eigenvalue weighted by Gasteiger charge is 2.23. The molecule has 1 N–H and O–H groups in total. The van der Waals surface area contributed by atoms with Gasteiger partial charge in [-0.1, -0.05) is 12.8 Å². The molecule has 0 radical (unpaired) electrons. The molecule has 20 heavy (non-hydrogen) atoms. The van der Waals surface area contributed by atoms with Gasteiger partial charge in [0.25, 0.3) is 0 Å². The molecule has 1 aliphatic carbocycles. The first kappa shape index (κ1) is 13.8. The molecule has 2 aliphatic rings. The molecule has 3 rings (SSSR count). The van der Waals surface area contributed by atoms with Gasteiger partial charge in [-0.25, -0.2) is 9.97 Å². The van der Waals surface area contributed by atoms with Crippen LogP contribution in [-0.2, 0) is 4.74 Å². The Balaban J connectivity index is 1.86. The topological polar surface area (TPSA) is 47.0 Å². The van der Waals surface area contributed by atoms with Gasteiger partial charge in [0.15, 0.2) is 0 Å². The predicted octanol–water partition coefficient (Wildman–Crippen LogP) is 3.46. The minimum Gasteiger partial charge on any atom is -0.381 e. The molecule has 1 aliphatic heterocycles. The van der Waals surface area contributed by atoms with Crippen molar-refractivity contribution >= 4 is 5.82 Å². The second kappa shape index (κ2) is 6.53. The van der Waals surface area contributed by atoms with Crippen molar-refractivity contribution in [2.24, 2.45) is 0 Å². The van der Waals surface area contributed by atoms with E-state index in [-0.39, 0.29) is 0 Å². The molecule has 1 aromatic heterocycles. The van der Waals surface area contributed by atoms with Gasteiger partial charge in [-0.15, -0.1) is 0 Å². The van der Waals surface area contributed by atoms with Gasteiger partial charge < -0.3 is 10.1 Å². The molecule has 0 spiro atoms. The van der Waals surface area contributed by atoms with Crippen molar-refractivity contribution in [3.05, 3.63) is 17.6 Å². The lowest BCUT2D eigenvalue weighted by molar-refractivity contribution is 0.0835. The Bertz CT molecular complexity index is 437. The molecule has 1 saturated carbocycles. The zero-order valence-corrected chi connectivity index (χ0v) is 12.4. The Labute approximate surface area is 121 Å². The molecule has 1 aromatic rings. The van der Waals surface area contributed by atoms with Gasteiger partial charge in [0.2, 0.25) is 0 Å². The van der Waals surface area contributed by atoms with Crippen LogP contribution in [0.4, 0.5) is 5.82 Å². The van der Waals surface area contributed by atoms with E-state index in [4.69, 9.17) is 14.7 Å². The van der Waals surface area contributed by atoms with Crippen LogP contribution < -0.4 is 5.32 Å². The molecule has 0 amide bonds. The predicted molar refractivity (Wildman–Crippen MR) is 80.2 cm³/mol. The Morgan fingerprint density at radius 3 is 2.55 bits per heavy atom. The zero-order chi connectivity index (χ0) is 13.8. The highest BCUT2D eigenvalue weighted by atomic mass is 16.5. The first-order valence-corrected chi connectivity index (χ1v) is 8.07. The number of hydrogen-bond acceptors (Lipinski definition) is 4. The number of ether oxygens (including phenoxy) is 1. The monoisotopic (exact) mass is 275 g/mol. The fraction of sp³-hybridized carbons (Fsp3) is 0.750. The summed E-state index contributed by atoms with van der Waals surface area (Å²) in [6, 6.07) is 2.17. The number of nitrogens with one attached hydrogen (secondary N) is 1. The van der Waals surface area contributed by atoms with Gasteiger partial charge in [-0.05, 0) is 32.6 Å². The first-order chi connectivity index (χ1) is 9.86. The number of hydrogen-bond donors (Lipinski definition) is 1. The normalized spacial score (nSPS) is 21.2. The van der Waals surface area contributed by atoms with Gasteiger partial charge >= 0.3 is 0 Å². The molecule has 0 atom stereocenters. The summed E-state index contributed by atoms with van der Waals surface area (Å²) in [6.45, 7) is 4.72. The smallest absolute Gasteiger partial charge is 0.134 e. The summed E-state index contributed by atoms with van der Waals surface area (Å²) in [5, 5.41) is 3.37. The average Bonchev–Trinajstić information content (AvgIpc) is 3.02. The summed E-state index contributed by atoms with van der Waals surface area (Å²) in [7, 11) is 0. The summed E-state index contributed by atoms with van der Waals surface area (Å²) >= 11 is 0. The van der Waals surface area contributed by atoms with Gasteiger partial charge in [0, 0.05) is 43.4 Å². The number of anilines is 1. The van der Waals surface area contributed by atoms with Crippen molar-refractivity contribution in [1.29, 1.82) is 0 Å². The van der Waals surface area contributed by atoms with E-state index >= 15 is 0 Å². The van der Waals surface area contributed by atoms with E-state index in [9.17, 15) is 0 Å². The van der Waals surface area contributed by atoms with Crippen molar-refractivity contribution in [2.45, 2.75) is 57.3 Å².